The van der Waals surface area contributed by atoms with Gasteiger partial charge in [-0.3, -0.25) is 4.79 Å². The minimum absolute atomic E-state index is 0.0794. The Morgan fingerprint density at radius 3 is 2.28 bits per heavy atom. The maximum absolute atomic E-state index is 13.6. The number of esters is 1. The lowest BCUT2D eigenvalue weighted by molar-refractivity contribution is -0.146. The van der Waals surface area contributed by atoms with Crippen molar-refractivity contribution >= 4 is 22.1 Å². The van der Waals surface area contributed by atoms with E-state index in [1.807, 2.05) is 37.3 Å². The van der Waals surface area contributed by atoms with Gasteiger partial charge in [-0.15, -0.1) is 0 Å². The summed E-state index contributed by atoms with van der Waals surface area (Å²) in [5.41, 5.74) is 0.834. The Morgan fingerprint density at radius 2 is 1.69 bits per heavy atom. The lowest BCUT2D eigenvalue weighted by atomic mass is 10.0. The van der Waals surface area contributed by atoms with Crippen LogP contribution in [0, 0.1) is 5.92 Å². The summed E-state index contributed by atoms with van der Waals surface area (Å²) < 4.78 is 43.3. The van der Waals surface area contributed by atoms with E-state index in [1.165, 1.54) is 30.7 Å². The molecule has 0 saturated heterocycles. The van der Waals surface area contributed by atoms with Crippen LogP contribution in [-0.4, -0.2) is 76.0 Å². The van der Waals surface area contributed by atoms with E-state index < -0.39 is 40.1 Å². The van der Waals surface area contributed by atoms with Crippen molar-refractivity contribution in [1.82, 2.24) is 9.62 Å². The summed E-state index contributed by atoms with van der Waals surface area (Å²) in [7, 11) is -1.20. The van der Waals surface area contributed by atoms with Gasteiger partial charge in [0.1, 0.15) is 12.4 Å². The third kappa shape index (κ3) is 10.2. The second kappa shape index (κ2) is 16.1. The number of sulfonamides is 1. The number of ether oxygens (including phenoxy) is 3. The van der Waals surface area contributed by atoms with Crippen molar-refractivity contribution in [3.8, 4) is 5.75 Å². The Bertz CT molecular complexity index is 1130. The van der Waals surface area contributed by atoms with E-state index in [2.05, 4.69) is 10.1 Å². The maximum Gasteiger partial charge on any atom is 0.407 e. The normalized spacial score (nSPS) is 13.8. The van der Waals surface area contributed by atoms with Crippen molar-refractivity contribution in [3.63, 3.8) is 0 Å². The molecule has 0 aliphatic heterocycles. The van der Waals surface area contributed by atoms with Crippen LogP contribution in [0.15, 0.2) is 59.5 Å². The van der Waals surface area contributed by atoms with Crippen molar-refractivity contribution in [2.45, 2.75) is 56.6 Å². The number of alkyl carbamates (subject to hydrolysis) is 1. The quantitative estimate of drug-likeness (QED) is 0.234. The number of carbonyl (C=O) groups is 2. The van der Waals surface area contributed by atoms with Gasteiger partial charge in [0.2, 0.25) is 10.0 Å². The van der Waals surface area contributed by atoms with Gasteiger partial charge in [-0.05, 0) is 49.6 Å². The van der Waals surface area contributed by atoms with E-state index in [-0.39, 0.29) is 31.0 Å². The number of hydrogen-bond acceptors (Lipinski definition) is 8. The van der Waals surface area contributed by atoms with Gasteiger partial charge in [-0.1, -0.05) is 50.1 Å². The molecule has 0 radical (unpaired) electrons. The highest BCUT2D eigenvalue weighted by Crippen LogP contribution is 2.21. The van der Waals surface area contributed by atoms with E-state index in [0.29, 0.717) is 12.2 Å². The van der Waals surface area contributed by atoms with Gasteiger partial charge in [0.25, 0.3) is 0 Å². The zero-order valence-electron chi connectivity index (χ0n) is 23.0. The molecule has 0 spiro atoms. The Labute approximate surface area is 231 Å². The molecule has 0 aliphatic carbocycles. The summed E-state index contributed by atoms with van der Waals surface area (Å²) >= 11 is 0. The molecule has 39 heavy (non-hydrogen) atoms. The second-order valence-corrected chi connectivity index (χ2v) is 11.2. The van der Waals surface area contributed by atoms with E-state index >= 15 is 0 Å². The first-order valence-corrected chi connectivity index (χ1v) is 14.4. The van der Waals surface area contributed by atoms with Gasteiger partial charge in [-0.25, -0.2) is 13.2 Å². The van der Waals surface area contributed by atoms with Crippen LogP contribution in [0.25, 0.3) is 0 Å². The minimum atomic E-state index is -3.95. The largest absolute Gasteiger partial charge is 0.497 e. The van der Waals surface area contributed by atoms with Gasteiger partial charge in [-0.2, -0.15) is 4.31 Å². The van der Waals surface area contributed by atoms with E-state index in [9.17, 15) is 23.1 Å². The molecule has 0 fully saturated rings. The van der Waals surface area contributed by atoms with Crippen molar-refractivity contribution < 1.29 is 37.3 Å². The van der Waals surface area contributed by atoms with Crippen molar-refractivity contribution in [3.05, 3.63) is 60.2 Å². The standard InChI is InChI=1S/C28H40N2O8S/c1-5-6-10-17-30(39(34,35)24-15-13-23(36-3)14-16-24)19-26(31)25(18-22-11-8-7-9-12-22)29-28(33)38-20-21(2)27(32)37-4/h7-9,11-16,21,25-26,31H,5-6,10,17-20H2,1-4H3,(H,29,33)/t21-,25-,26+/m0/s1. The van der Waals surface area contributed by atoms with Gasteiger partial charge in [0.05, 0.1) is 37.2 Å². The molecule has 0 unspecified atom stereocenters. The first-order valence-electron chi connectivity index (χ1n) is 13.0. The van der Waals surface area contributed by atoms with Crippen molar-refractivity contribution in [2.75, 3.05) is 33.9 Å². The molecule has 2 aromatic rings. The highest BCUT2D eigenvalue weighted by atomic mass is 32.2. The molecule has 2 N–H and O–H groups in total. The second-order valence-electron chi connectivity index (χ2n) is 9.28. The average molecular weight is 565 g/mol. The topological polar surface area (TPSA) is 131 Å². The summed E-state index contributed by atoms with van der Waals surface area (Å²) in [6.45, 7) is 3.34. The molecule has 1 amide bonds. The number of methoxy groups -OCH3 is 2. The highest BCUT2D eigenvalue weighted by Gasteiger charge is 2.31. The molecule has 2 aromatic carbocycles. The van der Waals surface area contributed by atoms with Gasteiger partial charge < -0.3 is 24.6 Å². The third-order valence-corrected chi connectivity index (χ3v) is 8.11. The van der Waals surface area contributed by atoms with Crippen LogP contribution in [-0.2, 0) is 30.7 Å². The van der Waals surface area contributed by atoms with Crippen LogP contribution in [0.3, 0.4) is 0 Å². The molecule has 2 rings (SSSR count). The molecule has 11 heteroatoms. The zero-order chi connectivity index (χ0) is 28.8. The summed E-state index contributed by atoms with van der Waals surface area (Å²) in [6, 6.07) is 14.4. The SMILES string of the molecule is CCCCCN(C[C@@H](O)[C@H](Cc1ccccc1)NC(=O)OC[C@H](C)C(=O)OC)S(=O)(=O)c1ccc(OC)cc1. The Balaban J connectivity index is 2.25. The van der Waals surface area contributed by atoms with Crippen molar-refractivity contribution in [1.29, 1.82) is 0 Å². The summed E-state index contributed by atoms with van der Waals surface area (Å²) in [5, 5.41) is 13.9. The fourth-order valence-electron chi connectivity index (χ4n) is 3.89. The molecular weight excluding hydrogens is 524 g/mol. The zero-order valence-corrected chi connectivity index (χ0v) is 23.9. The van der Waals surface area contributed by atoms with E-state index in [1.54, 1.807) is 19.1 Å². The number of nitrogens with zero attached hydrogens (tertiary/aromatic N) is 1. The molecule has 10 nitrogen and oxygen atoms in total. The molecular formula is C28H40N2O8S. The Morgan fingerprint density at radius 1 is 1.03 bits per heavy atom. The summed E-state index contributed by atoms with van der Waals surface area (Å²) in [6.07, 6.45) is 0.471. The molecule has 0 aromatic heterocycles. The average Bonchev–Trinajstić information content (AvgIpc) is 2.95. The number of hydrogen-bond donors (Lipinski definition) is 2. The van der Waals surface area contributed by atoms with Crippen LogP contribution in [0.2, 0.25) is 0 Å². The lowest BCUT2D eigenvalue weighted by Gasteiger charge is -2.30. The number of nitrogens with one attached hydrogen (secondary N) is 1. The maximum atomic E-state index is 13.6. The number of amides is 1. The molecule has 216 valence electrons. The Hall–Kier alpha value is -3.15. The molecule has 0 bridgehead atoms. The molecule has 0 heterocycles. The number of carbonyl (C=O) groups excluding carboxylic acids is 2. The van der Waals surface area contributed by atoms with Crippen LogP contribution in [0.5, 0.6) is 5.75 Å². The number of rotatable bonds is 16. The number of aliphatic hydroxyl groups excluding tert-OH is 1. The molecule has 3 atom stereocenters. The molecule has 0 aliphatic rings. The van der Waals surface area contributed by atoms with Crippen LogP contribution < -0.4 is 10.1 Å². The lowest BCUT2D eigenvalue weighted by Crippen LogP contribution is -2.51. The first-order chi connectivity index (χ1) is 18.6. The fraction of sp³-hybridized carbons (Fsp3) is 0.500. The summed E-state index contributed by atoms with van der Waals surface area (Å²) in [5.74, 6) is -0.657. The number of unbranched alkanes of at least 4 members (excludes halogenated alkanes) is 2. The predicted molar refractivity (Wildman–Crippen MR) is 147 cm³/mol. The fourth-order valence-corrected chi connectivity index (χ4v) is 5.39. The summed E-state index contributed by atoms with van der Waals surface area (Å²) in [4.78, 5) is 24.3. The number of benzene rings is 2. The molecule has 0 saturated carbocycles. The first kappa shape index (κ1) is 32.1. The predicted octanol–water partition coefficient (Wildman–Crippen LogP) is 3.38. The highest BCUT2D eigenvalue weighted by molar-refractivity contribution is 7.89. The van der Waals surface area contributed by atoms with Crippen molar-refractivity contribution in [2.24, 2.45) is 5.92 Å². The smallest absolute Gasteiger partial charge is 0.407 e. The van der Waals surface area contributed by atoms with Crippen LogP contribution in [0.1, 0.15) is 38.7 Å². The van der Waals surface area contributed by atoms with Gasteiger partial charge in [0, 0.05) is 13.1 Å². The third-order valence-electron chi connectivity index (χ3n) is 6.23. The Kier molecular flexibility index (Phi) is 13.2. The van der Waals surface area contributed by atoms with Crippen LogP contribution in [0.4, 0.5) is 4.79 Å². The van der Waals surface area contributed by atoms with E-state index in [0.717, 1.165) is 18.4 Å². The van der Waals surface area contributed by atoms with Gasteiger partial charge in [0.15, 0.2) is 0 Å². The van der Waals surface area contributed by atoms with Gasteiger partial charge >= 0.3 is 12.1 Å². The monoisotopic (exact) mass is 564 g/mol. The minimum Gasteiger partial charge on any atom is -0.497 e. The number of aliphatic hydroxyl groups is 1. The van der Waals surface area contributed by atoms with Crippen LogP contribution >= 0.6 is 0 Å². The van der Waals surface area contributed by atoms with E-state index in [4.69, 9.17) is 9.47 Å².